The summed E-state index contributed by atoms with van der Waals surface area (Å²) in [6.07, 6.45) is -4.38. The lowest BCUT2D eigenvalue weighted by molar-refractivity contribution is -0.173. The van der Waals surface area contributed by atoms with Gasteiger partial charge < -0.3 is 15.4 Å². The third kappa shape index (κ3) is 7.07. The molecule has 0 aliphatic rings. The van der Waals surface area contributed by atoms with E-state index in [0.29, 0.717) is 5.56 Å². The number of nitrogens with one attached hydrogen (secondary N) is 2. The van der Waals surface area contributed by atoms with E-state index >= 15 is 0 Å². The molecule has 0 radical (unpaired) electrons. The monoisotopic (exact) mass is 318 g/mol. The van der Waals surface area contributed by atoms with Gasteiger partial charge in [-0.15, -0.1) is 0 Å². The van der Waals surface area contributed by atoms with E-state index in [1.165, 1.54) is 0 Å². The van der Waals surface area contributed by atoms with E-state index in [1.54, 1.807) is 31.2 Å². The molecule has 0 atom stereocenters. The number of halogens is 3. The van der Waals surface area contributed by atoms with Crippen LogP contribution in [0, 0.1) is 6.92 Å². The van der Waals surface area contributed by atoms with Crippen LogP contribution in [0.15, 0.2) is 24.3 Å². The highest BCUT2D eigenvalue weighted by atomic mass is 19.4. The van der Waals surface area contributed by atoms with Crippen LogP contribution in [-0.2, 0) is 9.53 Å². The van der Waals surface area contributed by atoms with Crippen LogP contribution in [0.3, 0.4) is 0 Å². The fourth-order valence-electron chi connectivity index (χ4n) is 1.60. The Balaban J connectivity index is 2.21. The van der Waals surface area contributed by atoms with Crippen LogP contribution in [0.5, 0.6) is 0 Å². The second-order valence-electron chi connectivity index (χ2n) is 4.52. The number of amides is 2. The summed E-state index contributed by atoms with van der Waals surface area (Å²) in [7, 11) is 0. The minimum absolute atomic E-state index is 0.0604. The molecule has 2 amide bonds. The van der Waals surface area contributed by atoms with Crippen LogP contribution in [0.1, 0.15) is 15.9 Å². The Morgan fingerprint density at radius 1 is 1.18 bits per heavy atom. The third-order valence-corrected chi connectivity index (χ3v) is 2.63. The molecule has 0 bridgehead atoms. The van der Waals surface area contributed by atoms with Crippen molar-refractivity contribution in [2.24, 2.45) is 0 Å². The molecule has 0 unspecified atom stereocenters. The molecule has 8 heteroatoms. The van der Waals surface area contributed by atoms with Gasteiger partial charge in [-0.1, -0.05) is 18.2 Å². The lowest BCUT2D eigenvalue weighted by atomic mass is 10.1. The molecular weight excluding hydrogens is 301 g/mol. The first kappa shape index (κ1) is 18.0. The van der Waals surface area contributed by atoms with Gasteiger partial charge in [0.05, 0.1) is 13.2 Å². The molecule has 1 aromatic carbocycles. The van der Waals surface area contributed by atoms with Gasteiger partial charge in [-0.2, -0.15) is 13.2 Å². The van der Waals surface area contributed by atoms with Crippen molar-refractivity contribution in [1.29, 1.82) is 0 Å². The van der Waals surface area contributed by atoms with Gasteiger partial charge in [0.2, 0.25) is 5.91 Å². The van der Waals surface area contributed by atoms with Crippen molar-refractivity contribution in [1.82, 2.24) is 10.6 Å². The zero-order valence-electron chi connectivity index (χ0n) is 12.0. The average Bonchev–Trinajstić information content (AvgIpc) is 2.43. The molecule has 0 saturated heterocycles. The molecule has 0 aliphatic heterocycles. The number of hydrogen-bond acceptors (Lipinski definition) is 3. The maximum Gasteiger partial charge on any atom is 0.411 e. The zero-order chi connectivity index (χ0) is 16.6. The predicted molar refractivity (Wildman–Crippen MR) is 73.4 cm³/mol. The van der Waals surface area contributed by atoms with Crippen molar-refractivity contribution in [3.05, 3.63) is 35.4 Å². The Bertz CT molecular complexity index is 518. The second kappa shape index (κ2) is 8.38. The number of rotatable bonds is 7. The fourth-order valence-corrected chi connectivity index (χ4v) is 1.60. The topological polar surface area (TPSA) is 67.4 Å². The van der Waals surface area contributed by atoms with Crippen LogP contribution in [-0.4, -0.2) is 44.3 Å². The first-order chi connectivity index (χ1) is 10.3. The van der Waals surface area contributed by atoms with Crippen LogP contribution in [0.25, 0.3) is 0 Å². The van der Waals surface area contributed by atoms with Gasteiger partial charge >= 0.3 is 6.18 Å². The molecule has 1 rings (SSSR count). The van der Waals surface area contributed by atoms with E-state index in [4.69, 9.17) is 0 Å². The summed E-state index contributed by atoms with van der Waals surface area (Å²) in [5.74, 6) is -0.890. The van der Waals surface area contributed by atoms with Crippen molar-refractivity contribution in [3.8, 4) is 0 Å². The number of benzene rings is 1. The lowest BCUT2D eigenvalue weighted by Gasteiger charge is -2.09. The first-order valence-corrected chi connectivity index (χ1v) is 6.54. The number of alkyl halides is 3. The summed E-state index contributed by atoms with van der Waals surface area (Å²) in [5, 5.41) is 4.78. The Labute approximate surface area is 125 Å². The van der Waals surface area contributed by atoms with Crippen molar-refractivity contribution < 1.29 is 27.5 Å². The van der Waals surface area contributed by atoms with E-state index in [0.717, 1.165) is 5.56 Å². The van der Waals surface area contributed by atoms with E-state index in [9.17, 15) is 22.8 Å². The molecule has 0 fully saturated rings. The Kier molecular flexibility index (Phi) is 6.84. The standard InChI is InChI=1S/C14H17F3N2O3/c1-10-4-2-3-5-11(10)13(21)19-8-12(20)18-6-7-22-9-14(15,16)17/h2-5H,6-9H2,1H3,(H,18,20)(H,19,21). The predicted octanol–water partition coefficient (Wildman–Crippen LogP) is 1.42. The molecule has 0 spiro atoms. The highest BCUT2D eigenvalue weighted by Gasteiger charge is 2.27. The number of hydrogen-bond donors (Lipinski definition) is 2. The lowest BCUT2D eigenvalue weighted by Crippen LogP contribution is -2.38. The van der Waals surface area contributed by atoms with E-state index in [2.05, 4.69) is 15.4 Å². The van der Waals surface area contributed by atoms with Crippen molar-refractivity contribution >= 4 is 11.8 Å². The van der Waals surface area contributed by atoms with Crippen LogP contribution in [0.4, 0.5) is 13.2 Å². The normalized spacial score (nSPS) is 11.1. The van der Waals surface area contributed by atoms with E-state index in [-0.39, 0.29) is 25.6 Å². The second-order valence-corrected chi connectivity index (χ2v) is 4.52. The van der Waals surface area contributed by atoms with Gasteiger partial charge in [-0.05, 0) is 18.6 Å². The smallest absolute Gasteiger partial charge is 0.370 e. The van der Waals surface area contributed by atoms with E-state index in [1.807, 2.05) is 0 Å². The van der Waals surface area contributed by atoms with Crippen LogP contribution in [0.2, 0.25) is 0 Å². The minimum Gasteiger partial charge on any atom is -0.370 e. The highest BCUT2D eigenvalue weighted by Crippen LogP contribution is 2.13. The molecule has 122 valence electrons. The Morgan fingerprint density at radius 2 is 1.86 bits per heavy atom. The summed E-state index contributed by atoms with van der Waals surface area (Å²) >= 11 is 0. The summed E-state index contributed by atoms with van der Waals surface area (Å²) in [4.78, 5) is 23.2. The minimum atomic E-state index is -4.38. The maximum atomic E-state index is 11.8. The molecule has 22 heavy (non-hydrogen) atoms. The molecule has 1 aromatic rings. The summed E-state index contributed by atoms with van der Waals surface area (Å²) in [6, 6.07) is 6.90. The van der Waals surface area contributed by atoms with Gasteiger partial charge in [0.15, 0.2) is 0 Å². The van der Waals surface area contributed by atoms with Crippen molar-refractivity contribution in [2.75, 3.05) is 26.3 Å². The summed E-state index contributed by atoms with van der Waals surface area (Å²) in [5.41, 5.74) is 1.24. The molecule has 0 heterocycles. The van der Waals surface area contributed by atoms with Gasteiger partial charge in [-0.25, -0.2) is 0 Å². The van der Waals surface area contributed by atoms with Gasteiger partial charge in [0.25, 0.3) is 5.91 Å². The highest BCUT2D eigenvalue weighted by molar-refractivity contribution is 5.97. The molecular formula is C14H17F3N2O3. The number of carbonyl (C=O) groups is 2. The zero-order valence-corrected chi connectivity index (χ0v) is 12.0. The van der Waals surface area contributed by atoms with Crippen molar-refractivity contribution in [3.63, 3.8) is 0 Å². The number of aryl methyl sites for hydroxylation is 1. The SMILES string of the molecule is Cc1ccccc1C(=O)NCC(=O)NCCOCC(F)(F)F. The third-order valence-electron chi connectivity index (χ3n) is 2.63. The van der Waals surface area contributed by atoms with Gasteiger partial charge in [0, 0.05) is 12.1 Å². The maximum absolute atomic E-state index is 11.8. The number of carbonyl (C=O) groups excluding carboxylic acids is 2. The number of ether oxygens (including phenoxy) is 1. The molecule has 0 aromatic heterocycles. The molecule has 0 aliphatic carbocycles. The average molecular weight is 318 g/mol. The molecule has 0 saturated carbocycles. The largest absolute Gasteiger partial charge is 0.411 e. The molecule has 5 nitrogen and oxygen atoms in total. The Hall–Kier alpha value is -2.09. The Morgan fingerprint density at radius 3 is 2.50 bits per heavy atom. The molecule has 2 N–H and O–H groups in total. The fraction of sp³-hybridized carbons (Fsp3) is 0.429. The van der Waals surface area contributed by atoms with Crippen LogP contribution < -0.4 is 10.6 Å². The van der Waals surface area contributed by atoms with Gasteiger partial charge in [-0.3, -0.25) is 9.59 Å². The van der Waals surface area contributed by atoms with Crippen LogP contribution >= 0.6 is 0 Å². The quantitative estimate of drug-likeness (QED) is 0.747. The van der Waals surface area contributed by atoms with E-state index < -0.39 is 18.7 Å². The first-order valence-electron chi connectivity index (χ1n) is 6.54. The summed E-state index contributed by atoms with van der Waals surface area (Å²) < 4.78 is 39.7. The van der Waals surface area contributed by atoms with Crippen molar-refractivity contribution in [2.45, 2.75) is 13.1 Å². The van der Waals surface area contributed by atoms with Gasteiger partial charge in [0.1, 0.15) is 6.61 Å². The summed E-state index contributed by atoms with van der Waals surface area (Å²) in [6.45, 7) is -0.154.